The van der Waals surface area contributed by atoms with E-state index in [0.29, 0.717) is 34.7 Å². The second-order valence-corrected chi connectivity index (χ2v) is 11.3. The van der Waals surface area contributed by atoms with Crippen molar-refractivity contribution >= 4 is 23.7 Å². The van der Waals surface area contributed by atoms with Gasteiger partial charge in [-0.2, -0.15) is 4.98 Å². The Balaban J connectivity index is 1.31. The first-order chi connectivity index (χ1) is 21.0. The minimum Gasteiger partial charge on any atom is -0.489 e. The number of nitrogens with zero attached hydrogens (tertiary/aromatic N) is 3. The van der Waals surface area contributed by atoms with Crippen LogP contribution in [0.2, 0.25) is 0 Å². The quantitative estimate of drug-likeness (QED) is 0.134. The fourth-order valence-corrected chi connectivity index (χ4v) is 5.78. The molecule has 1 aromatic heterocycles. The molecule has 0 radical (unpaired) electrons. The number of thioether (sulfide) groups is 1. The molecule has 0 spiro atoms. The van der Waals surface area contributed by atoms with Crippen LogP contribution in [0.4, 0.5) is 5.95 Å². The van der Waals surface area contributed by atoms with Crippen LogP contribution in [0.15, 0.2) is 126 Å². The Morgan fingerprint density at radius 1 is 0.860 bits per heavy atom. The van der Waals surface area contributed by atoms with Gasteiger partial charge in [-0.3, -0.25) is 0 Å². The molecule has 0 saturated heterocycles. The zero-order valence-corrected chi connectivity index (χ0v) is 24.9. The van der Waals surface area contributed by atoms with Crippen LogP contribution in [-0.4, -0.2) is 20.7 Å². The number of hydrogen-bond acceptors (Lipinski definition) is 7. The number of esters is 1. The predicted octanol–water partition coefficient (Wildman–Crippen LogP) is 7.49. The average Bonchev–Trinajstić information content (AvgIpc) is 3.45. The summed E-state index contributed by atoms with van der Waals surface area (Å²) in [6.07, 6.45) is 0. The third kappa shape index (κ3) is 6.65. The minimum atomic E-state index is -0.555. The lowest BCUT2D eigenvalue weighted by molar-refractivity contribution is -0.140. The molecule has 8 heteroatoms. The number of allylic oxidation sites excluding steroid dienone is 1. The van der Waals surface area contributed by atoms with Crippen molar-refractivity contribution < 1.29 is 14.3 Å². The molecule has 5 aromatic rings. The number of nitrogens with one attached hydrogen (secondary N) is 1. The maximum absolute atomic E-state index is 13.7. The van der Waals surface area contributed by atoms with Gasteiger partial charge in [0, 0.05) is 11.4 Å². The van der Waals surface area contributed by atoms with Gasteiger partial charge >= 0.3 is 5.97 Å². The number of benzene rings is 4. The molecule has 1 N–H and O–H groups in total. The van der Waals surface area contributed by atoms with Crippen molar-refractivity contribution in [3.8, 4) is 5.75 Å². The first-order valence-electron chi connectivity index (χ1n) is 14.1. The molecular formula is C35H32N4O3S. The minimum absolute atomic E-state index is 0.172. The number of fused-ring (bicyclic) bond motifs is 1. The number of ether oxygens (including phenoxy) is 2. The Hall–Kier alpha value is -4.82. The maximum atomic E-state index is 13.7. The Bertz CT molecular complexity index is 1750. The predicted molar refractivity (Wildman–Crippen MR) is 169 cm³/mol. The van der Waals surface area contributed by atoms with Crippen LogP contribution in [0, 0.1) is 6.92 Å². The third-order valence-corrected chi connectivity index (χ3v) is 8.21. The molecule has 0 aliphatic carbocycles. The highest BCUT2D eigenvalue weighted by atomic mass is 32.2. The van der Waals surface area contributed by atoms with E-state index in [0.717, 1.165) is 22.4 Å². The summed E-state index contributed by atoms with van der Waals surface area (Å²) < 4.78 is 13.8. The molecule has 0 saturated carbocycles. The number of aryl methyl sites for hydroxylation is 1. The summed E-state index contributed by atoms with van der Waals surface area (Å²) >= 11 is 1.55. The van der Waals surface area contributed by atoms with E-state index in [1.807, 2.05) is 91.9 Å². The molecule has 216 valence electrons. The second kappa shape index (κ2) is 13.0. The molecule has 0 amide bonds. The molecule has 43 heavy (non-hydrogen) atoms. The smallest absolute Gasteiger partial charge is 0.338 e. The van der Waals surface area contributed by atoms with E-state index in [-0.39, 0.29) is 6.61 Å². The first-order valence-corrected chi connectivity index (χ1v) is 15.1. The van der Waals surface area contributed by atoms with E-state index >= 15 is 0 Å². The first kappa shape index (κ1) is 28.3. The van der Waals surface area contributed by atoms with Gasteiger partial charge in [0.05, 0.1) is 5.57 Å². The summed E-state index contributed by atoms with van der Waals surface area (Å²) in [5.74, 6) is 1.60. The fraction of sp³-hybridized carbons (Fsp3) is 0.171. The Labute approximate surface area is 255 Å². The van der Waals surface area contributed by atoms with Crippen LogP contribution in [0.3, 0.4) is 0 Å². The van der Waals surface area contributed by atoms with Gasteiger partial charge in [-0.15, -0.1) is 5.10 Å². The van der Waals surface area contributed by atoms with Crippen LogP contribution >= 0.6 is 11.8 Å². The Kier molecular flexibility index (Phi) is 8.56. The average molecular weight is 589 g/mol. The van der Waals surface area contributed by atoms with E-state index in [1.165, 1.54) is 11.1 Å². The van der Waals surface area contributed by atoms with Crippen molar-refractivity contribution in [2.24, 2.45) is 0 Å². The monoisotopic (exact) mass is 588 g/mol. The zero-order chi connectivity index (χ0) is 29.6. The highest BCUT2D eigenvalue weighted by molar-refractivity contribution is 7.98. The molecule has 4 aromatic carbocycles. The Morgan fingerprint density at radius 2 is 1.58 bits per heavy atom. The number of hydrogen-bond donors (Lipinski definition) is 1. The van der Waals surface area contributed by atoms with Crippen molar-refractivity contribution in [3.63, 3.8) is 0 Å². The van der Waals surface area contributed by atoms with Crippen LogP contribution in [0.25, 0.3) is 0 Å². The molecule has 6 rings (SSSR count). The highest BCUT2D eigenvalue weighted by Crippen LogP contribution is 2.38. The van der Waals surface area contributed by atoms with Gasteiger partial charge in [0.25, 0.3) is 0 Å². The molecule has 2 heterocycles. The molecule has 0 fully saturated rings. The van der Waals surface area contributed by atoms with Gasteiger partial charge in [0.15, 0.2) is 0 Å². The van der Waals surface area contributed by atoms with Gasteiger partial charge in [-0.1, -0.05) is 109 Å². The summed E-state index contributed by atoms with van der Waals surface area (Å²) in [5.41, 5.74) is 6.39. The molecular weight excluding hydrogens is 556 g/mol. The Morgan fingerprint density at radius 3 is 2.35 bits per heavy atom. The summed E-state index contributed by atoms with van der Waals surface area (Å²) in [7, 11) is 0. The van der Waals surface area contributed by atoms with Crippen LogP contribution in [-0.2, 0) is 28.5 Å². The van der Waals surface area contributed by atoms with Gasteiger partial charge in [0.1, 0.15) is 25.0 Å². The summed E-state index contributed by atoms with van der Waals surface area (Å²) in [6.45, 7) is 4.56. The SMILES string of the molecule is CC1=C(C(=O)OCc2ccccc2)C(c2cccc(OCc3ccccc3C)c2)n2nc(SCc3ccccc3)nc2N1. The van der Waals surface area contributed by atoms with E-state index in [4.69, 9.17) is 19.6 Å². The number of rotatable bonds is 10. The van der Waals surface area contributed by atoms with E-state index in [2.05, 4.69) is 36.5 Å². The number of anilines is 1. The van der Waals surface area contributed by atoms with E-state index in [9.17, 15) is 4.79 Å². The van der Waals surface area contributed by atoms with E-state index in [1.54, 1.807) is 16.4 Å². The third-order valence-electron chi connectivity index (χ3n) is 7.31. The molecule has 1 aliphatic heterocycles. The van der Waals surface area contributed by atoms with Crippen LogP contribution in [0.1, 0.15) is 40.8 Å². The highest BCUT2D eigenvalue weighted by Gasteiger charge is 2.35. The number of aromatic nitrogens is 3. The van der Waals surface area contributed by atoms with Gasteiger partial charge in [-0.05, 0) is 53.8 Å². The summed E-state index contributed by atoms with van der Waals surface area (Å²) in [6, 6.07) is 35.3. The van der Waals surface area contributed by atoms with E-state index < -0.39 is 12.0 Å². The van der Waals surface area contributed by atoms with Crippen LogP contribution < -0.4 is 10.1 Å². The largest absolute Gasteiger partial charge is 0.489 e. The number of carbonyl (C=O) groups is 1. The van der Waals surface area contributed by atoms with Gasteiger partial charge < -0.3 is 14.8 Å². The standard InChI is InChI=1S/C35H32N4O3S/c1-24-12-9-10-17-29(24)22-41-30-19-11-18-28(20-30)32-31(33(40)42-21-26-13-5-3-6-14-26)25(2)36-34-37-35(38-39(32)34)43-23-27-15-7-4-8-16-27/h3-20,32H,21-23H2,1-2H3,(H,36,37,38). The second-order valence-electron chi connectivity index (χ2n) is 10.4. The van der Waals surface area contributed by atoms with Crippen molar-refractivity contribution in [1.29, 1.82) is 0 Å². The zero-order valence-electron chi connectivity index (χ0n) is 24.1. The van der Waals surface area contributed by atoms with Gasteiger partial charge in [0.2, 0.25) is 11.1 Å². The van der Waals surface area contributed by atoms with Gasteiger partial charge in [-0.25, -0.2) is 9.48 Å². The molecule has 1 atom stereocenters. The van der Waals surface area contributed by atoms with Crippen molar-refractivity contribution in [1.82, 2.24) is 14.8 Å². The molecule has 1 unspecified atom stereocenters. The lowest BCUT2D eigenvalue weighted by Gasteiger charge is -2.28. The number of carbonyl (C=O) groups excluding carboxylic acids is 1. The molecule has 0 bridgehead atoms. The topological polar surface area (TPSA) is 78.3 Å². The fourth-order valence-electron chi connectivity index (χ4n) is 5.00. The maximum Gasteiger partial charge on any atom is 0.338 e. The lowest BCUT2D eigenvalue weighted by Crippen LogP contribution is -2.29. The summed E-state index contributed by atoms with van der Waals surface area (Å²) in [4.78, 5) is 18.5. The lowest BCUT2D eigenvalue weighted by atomic mass is 9.95. The molecule has 1 aliphatic rings. The normalized spacial score (nSPS) is 14.1. The summed E-state index contributed by atoms with van der Waals surface area (Å²) in [5, 5.41) is 8.79. The van der Waals surface area contributed by atoms with Crippen molar-refractivity contribution in [2.45, 2.75) is 44.0 Å². The van der Waals surface area contributed by atoms with Crippen molar-refractivity contribution in [2.75, 3.05) is 5.32 Å². The molecule has 7 nitrogen and oxygen atoms in total. The van der Waals surface area contributed by atoms with Crippen LogP contribution in [0.5, 0.6) is 5.75 Å². The van der Waals surface area contributed by atoms with Crippen molar-refractivity contribution in [3.05, 3.63) is 148 Å².